The molecule has 0 unspecified atom stereocenters. The van der Waals surface area contributed by atoms with Gasteiger partial charge in [0, 0.05) is 24.4 Å². The SMILES string of the molecule is O=C(O)C1=CN(C2CC2)c2ccc(F)cc2C1. The Labute approximate surface area is 98.2 Å². The number of aliphatic carboxylic acids is 1. The number of hydrogen-bond acceptors (Lipinski definition) is 2. The summed E-state index contributed by atoms with van der Waals surface area (Å²) in [5, 5.41) is 9.06. The number of carbonyl (C=O) groups is 1. The molecule has 1 aliphatic heterocycles. The standard InChI is InChI=1S/C13H12FNO2/c14-10-1-4-12-8(6-10)5-9(13(16)17)7-15(12)11-2-3-11/h1,4,6-7,11H,2-3,5H2,(H,16,17). The third-order valence-electron chi connectivity index (χ3n) is 3.21. The fourth-order valence-electron chi connectivity index (χ4n) is 2.22. The molecule has 0 atom stereocenters. The molecule has 3 nitrogen and oxygen atoms in total. The molecular formula is C13H12FNO2. The lowest BCUT2D eigenvalue weighted by atomic mass is 9.99. The molecule has 1 N–H and O–H groups in total. The third-order valence-corrected chi connectivity index (χ3v) is 3.21. The molecule has 2 aliphatic rings. The zero-order valence-electron chi connectivity index (χ0n) is 9.19. The van der Waals surface area contributed by atoms with Crippen LogP contribution in [0.1, 0.15) is 18.4 Å². The van der Waals surface area contributed by atoms with E-state index in [1.54, 1.807) is 12.3 Å². The molecule has 1 aromatic carbocycles. The Kier molecular flexibility index (Phi) is 2.18. The summed E-state index contributed by atoms with van der Waals surface area (Å²) < 4.78 is 13.2. The number of rotatable bonds is 2. The highest BCUT2D eigenvalue weighted by atomic mass is 19.1. The number of carboxylic acids is 1. The molecule has 0 spiro atoms. The zero-order chi connectivity index (χ0) is 12.0. The van der Waals surface area contributed by atoms with Crippen LogP contribution in [0, 0.1) is 5.82 Å². The van der Waals surface area contributed by atoms with Crippen molar-refractivity contribution in [1.82, 2.24) is 0 Å². The first-order valence-corrected chi connectivity index (χ1v) is 5.66. The normalized spacial score (nSPS) is 18.6. The monoisotopic (exact) mass is 233 g/mol. The highest BCUT2D eigenvalue weighted by molar-refractivity contribution is 5.89. The van der Waals surface area contributed by atoms with Crippen molar-refractivity contribution in [2.75, 3.05) is 4.90 Å². The Morgan fingerprint density at radius 1 is 1.41 bits per heavy atom. The van der Waals surface area contributed by atoms with Gasteiger partial charge in [0.2, 0.25) is 0 Å². The molecule has 1 fully saturated rings. The van der Waals surface area contributed by atoms with E-state index in [1.165, 1.54) is 12.1 Å². The second-order valence-electron chi connectivity index (χ2n) is 4.55. The van der Waals surface area contributed by atoms with Crippen molar-refractivity contribution < 1.29 is 14.3 Å². The van der Waals surface area contributed by atoms with Crippen LogP contribution in [0.25, 0.3) is 0 Å². The van der Waals surface area contributed by atoms with E-state index >= 15 is 0 Å². The Morgan fingerprint density at radius 2 is 2.18 bits per heavy atom. The van der Waals surface area contributed by atoms with Crippen molar-refractivity contribution in [2.24, 2.45) is 0 Å². The summed E-state index contributed by atoms with van der Waals surface area (Å²) in [5.41, 5.74) is 2.03. The van der Waals surface area contributed by atoms with E-state index in [2.05, 4.69) is 0 Å². The first-order chi connectivity index (χ1) is 8.15. The summed E-state index contributed by atoms with van der Waals surface area (Å²) in [4.78, 5) is 13.0. The van der Waals surface area contributed by atoms with Gasteiger partial charge in [0.1, 0.15) is 5.82 Å². The van der Waals surface area contributed by atoms with Crippen LogP contribution < -0.4 is 4.90 Å². The minimum absolute atomic E-state index is 0.297. The van der Waals surface area contributed by atoms with Crippen LogP contribution in [0.15, 0.2) is 30.0 Å². The Bertz CT molecular complexity index is 520. The van der Waals surface area contributed by atoms with Crippen molar-refractivity contribution in [3.8, 4) is 0 Å². The molecule has 1 aromatic rings. The number of carboxylic acid groups (broad SMARTS) is 1. The van der Waals surface area contributed by atoms with E-state index in [0.29, 0.717) is 18.0 Å². The first-order valence-electron chi connectivity index (χ1n) is 5.66. The minimum atomic E-state index is -0.925. The fraction of sp³-hybridized carbons (Fsp3) is 0.308. The molecule has 4 heteroatoms. The molecule has 0 amide bonds. The van der Waals surface area contributed by atoms with E-state index in [1.807, 2.05) is 4.90 Å². The lowest BCUT2D eigenvalue weighted by Gasteiger charge is -2.28. The van der Waals surface area contributed by atoms with Gasteiger partial charge >= 0.3 is 5.97 Å². The largest absolute Gasteiger partial charge is 0.478 e. The Balaban J connectivity index is 2.06. The second-order valence-corrected chi connectivity index (χ2v) is 4.55. The van der Waals surface area contributed by atoms with Gasteiger partial charge in [-0.1, -0.05) is 0 Å². The van der Waals surface area contributed by atoms with Gasteiger partial charge in [-0.25, -0.2) is 9.18 Å². The summed E-state index contributed by atoms with van der Waals surface area (Å²) in [6.07, 6.45) is 4.13. The summed E-state index contributed by atoms with van der Waals surface area (Å²) in [7, 11) is 0. The average Bonchev–Trinajstić information content (AvgIpc) is 3.10. The molecule has 1 aliphatic carbocycles. The van der Waals surface area contributed by atoms with E-state index in [9.17, 15) is 9.18 Å². The van der Waals surface area contributed by atoms with Crippen molar-refractivity contribution in [3.05, 3.63) is 41.4 Å². The maximum absolute atomic E-state index is 13.2. The van der Waals surface area contributed by atoms with E-state index in [4.69, 9.17) is 5.11 Å². The van der Waals surface area contributed by atoms with Gasteiger partial charge < -0.3 is 10.0 Å². The quantitative estimate of drug-likeness (QED) is 0.852. The second kappa shape index (κ2) is 3.58. The summed E-state index contributed by atoms with van der Waals surface area (Å²) in [6.45, 7) is 0. The molecule has 0 bridgehead atoms. The lowest BCUT2D eigenvalue weighted by molar-refractivity contribution is -0.132. The molecule has 0 saturated heterocycles. The topological polar surface area (TPSA) is 40.5 Å². The molecule has 1 heterocycles. The number of benzene rings is 1. The summed E-state index contributed by atoms with van der Waals surface area (Å²) in [6, 6.07) is 4.97. The molecule has 88 valence electrons. The summed E-state index contributed by atoms with van der Waals surface area (Å²) in [5.74, 6) is -1.24. The van der Waals surface area contributed by atoms with E-state index in [0.717, 1.165) is 24.1 Å². The number of hydrogen-bond donors (Lipinski definition) is 1. The van der Waals surface area contributed by atoms with Gasteiger partial charge in [0.15, 0.2) is 0 Å². The van der Waals surface area contributed by atoms with Gasteiger partial charge in [0.25, 0.3) is 0 Å². The van der Waals surface area contributed by atoms with Crippen LogP contribution in [0.4, 0.5) is 10.1 Å². The van der Waals surface area contributed by atoms with Crippen LogP contribution in [-0.2, 0) is 11.2 Å². The van der Waals surface area contributed by atoms with Crippen molar-refractivity contribution in [3.63, 3.8) is 0 Å². The van der Waals surface area contributed by atoms with Gasteiger partial charge in [-0.15, -0.1) is 0 Å². The highest BCUT2D eigenvalue weighted by Gasteiger charge is 2.32. The highest BCUT2D eigenvalue weighted by Crippen LogP contribution is 2.38. The van der Waals surface area contributed by atoms with Gasteiger partial charge in [0.05, 0.1) is 5.57 Å². The first kappa shape index (κ1) is 10.3. The minimum Gasteiger partial charge on any atom is -0.478 e. The summed E-state index contributed by atoms with van der Waals surface area (Å²) >= 11 is 0. The van der Waals surface area contributed by atoms with Crippen molar-refractivity contribution >= 4 is 11.7 Å². The predicted octanol–water partition coefficient (Wildman–Crippen LogP) is 2.32. The maximum atomic E-state index is 13.2. The molecule has 0 radical (unpaired) electrons. The predicted molar refractivity (Wildman–Crippen MR) is 61.3 cm³/mol. The van der Waals surface area contributed by atoms with Crippen molar-refractivity contribution in [1.29, 1.82) is 0 Å². The van der Waals surface area contributed by atoms with Crippen LogP contribution in [-0.4, -0.2) is 17.1 Å². The zero-order valence-corrected chi connectivity index (χ0v) is 9.19. The molecule has 17 heavy (non-hydrogen) atoms. The van der Waals surface area contributed by atoms with Gasteiger partial charge in [-0.3, -0.25) is 0 Å². The van der Waals surface area contributed by atoms with Gasteiger partial charge in [-0.2, -0.15) is 0 Å². The molecule has 3 rings (SSSR count). The van der Waals surface area contributed by atoms with Crippen LogP contribution >= 0.6 is 0 Å². The number of nitrogens with zero attached hydrogens (tertiary/aromatic N) is 1. The smallest absolute Gasteiger partial charge is 0.333 e. The van der Waals surface area contributed by atoms with Crippen LogP contribution in [0.5, 0.6) is 0 Å². The lowest BCUT2D eigenvalue weighted by Crippen LogP contribution is -2.26. The maximum Gasteiger partial charge on any atom is 0.333 e. The number of anilines is 1. The van der Waals surface area contributed by atoms with Gasteiger partial charge in [-0.05, 0) is 36.6 Å². The van der Waals surface area contributed by atoms with E-state index in [-0.39, 0.29) is 5.82 Å². The van der Waals surface area contributed by atoms with Crippen LogP contribution in [0.2, 0.25) is 0 Å². The average molecular weight is 233 g/mol. The number of halogens is 1. The molecule has 1 saturated carbocycles. The Morgan fingerprint density at radius 3 is 2.82 bits per heavy atom. The van der Waals surface area contributed by atoms with E-state index < -0.39 is 5.97 Å². The third kappa shape index (κ3) is 1.79. The van der Waals surface area contributed by atoms with Crippen molar-refractivity contribution in [2.45, 2.75) is 25.3 Å². The van der Waals surface area contributed by atoms with Crippen LogP contribution in [0.3, 0.4) is 0 Å². The fourth-order valence-corrected chi connectivity index (χ4v) is 2.22. The Hall–Kier alpha value is -1.84. The molecular weight excluding hydrogens is 221 g/mol. The number of fused-ring (bicyclic) bond motifs is 1. The molecule has 0 aromatic heterocycles.